The van der Waals surface area contributed by atoms with Crippen LogP contribution in [-0.2, 0) is 4.79 Å². The van der Waals surface area contributed by atoms with E-state index in [0.29, 0.717) is 0 Å². The number of nitrogens with zero attached hydrogens (tertiary/aromatic N) is 1. The number of anilines is 1. The van der Waals surface area contributed by atoms with Gasteiger partial charge in [0.15, 0.2) is 0 Å². The number of para-hydroxylation sites is 1. The molecule has 4 nitrogen and oxygen atoms in total. The van der Waals surface area contributed by atoms with Crippen LogP contribution in [0.25, 0.3) is 22.3 Å². The number of carbonyl (C=O) groups is 1. The first-order chi connectivity index (χ1) is 15.5. The standard InChI is InChI=1S/C28H26N2O2/c1-19-17-23(15-16-29-19)21-11-13-25(14-12-21)30-28(31)20(2)22-7-6-8-24(18-22)26-9-4-5-10-27(26)32-3/h4-18,20H,1-3H3,(H,30,31). The molecule has 0 saturated heterocycles. The molecule has 160 valence electrons. The molecule has 1 aromatic heterocycles. The number of aromatic nitrogens is 1. The highest BCUT2D eigenvalue weighted by Crippen LogP contribution is 2.31. The molecule has 0 bridgehead atoms. The van der Waals surface area contributed by atoms with E-state index >= 15 is 0 Å². The van der Waals surface area contributed by atoms with Crippen molar-refractivity contribution in [3.05, 3.63) is 102 Å². The van der Waals surface area contributed by atoms with Crippen molar-refractivity contribution in [2.75, 3.05) is 12.4 Å². The van der Waals surface area contributed by atoms with Crippen molar-refractivity contribution in [2.24, 2.45) is 0 Å². The summed E-state index contributed by atoms with van der Waals surface area (Å²) in [5.41, 5.74) is 6.93. The zero-order valence-electron chi connectivity index (χ0n) is 18.5. The lowest BCUT2D eigenvalue weighted by Crippen LogP contribution is -2.18. The number of amides is 1. The molecule has 1 unspecified atom stereocenters. The summed E-state index contributed by atoms with van der Waals surface area (Å²) >= 11 is 0. The van der Waals surface area contributed by atoms with Gasteiger partial charge in [0.05, 0.1) is 13.0 Å². The highest BCUT2D eigenvalue weighted by molar-refractivity contribution is 5.96. The Morgan fingerprint density at radius 1 is 0.875 bits per heavy atom. The van der Waals surface area contributed by atoms with Crippen LogP contribution in [0, 0.1) is 6.92 Å². The first-order valence-corrected chi connectivity index (χ1v) is 10.6. The van der Waals surface area contributed by atoms with Crippen molar-refractivity contribution >= 4 is 11.6 Å². The Balaban J connectivity index is 1.49. The third kappa shape index (κ3) is 4.70. The maximum absolute atomic E-state index is 12.9. The van der Waals surface area contributed by atoms with E-state index in [0.717, 1.165) is 44.9 Å². The summed E-state index contributed by atoms with van der Waals surface area (Å²) in [5.74, 6) is 0.466. The lowest BCUT2D eigenvalue weighted by Gasteiger charge is -2.15. The van der Waals surface area contributed by atoms with Gasteiger partial charge in [0.2, 0.25) is 5.91 Å². The fourth-order valence-electron chi connectivity index (χ4n) is 3.73. The van der Waals surface area contributed by atoms with Crippen molar-refractivity contribution in [1.82, 2.24) is 4.98 Å². The van der Waals surface area contributed by atoms with Gasteiger partial charge >= 0.3 is 0 Å². The maximum atomic E-state index is 12.9. The second-order valence-electron chi connectivity index (χ2n) is 7.80. The van der Waals surface area contributed by atoms with Gasteiger partial charge < -0.3 is 10.1 Å². The Labute approximate surface area is 188 Å². The molecule has 0 saturated carbocycles. The molecule has 0 aliphatic carbocycles. The highest BCUT2D eigenvalue weighted by atomic mass is 16.5. The molecular weight excluding hydrogens is 396 g/mol. The van der Waals surface area contributed by atoms with Gasteiger partial charge in [0.1, 0.15) is 5.75 Å². The Morgan fingerprint density at radius 3 is 2.41 bits per heavy atom. The van der Waals surface area contributed by atoms with E-state index in [1.54, 1.807) is 13.3 Å². The van der Waals surface area contributed by atoms with E-state index in [4.69, 9.17) is 4.74 Å². The second-order valence-corrected chi connectivity index (χ2v) is 7.80. The normalized spacial score (nSPS) is 11.6. The number of pyridine rings is 1. The minimum absolute atomic E-state index is 0.0466. The quantitative estimate of drug-likeness (QED) is 0.387. The van der Waals surface area contributed by atoms with Crippen LogP contribution in [0.4, 0.5) is 5.69 Å². The van der Waals surface area contributed by atoms with Crippen LogP contribution in [0.5, 0.6) is 5.75 Å². The average Bonchev–Trinajstić information content (AvgIpc) is 2.84. The number of ether oxygens (including phenoxy) is 1. The number of carbonyl (C=O) groups excluding carboxylic acids is 1. The Bertz CT molecular complexity index is 1230. The van der Waals surface area contributed by atoms with E-state index in [1.165, 1.54) is 0 Å². The molecular formula is C28H26N2O2. The van der Waals surface area contributed by atoms with Crippen molar-refractivity contribution in [2.45, 2.75) is 19.8 Å². The Kier molecular flexibility index (Phi) is 6.31. The zero-order valence-corrected chi connectivity index (χ0v) is 18.5. The molecule has 32 heavy (non-hydrogen) atoms. The lowest BCUT2D eigenvalue weighted by atomic mass is 9.95. The molecule has 3 aromatic carbocycles. The second kappa shape index (κ2) is 9.48. The smallest absolute Gasteiger partial charge is 0.231 e. The summed E-state index contributed by atoms with van der Waals surface area (Å²) < 4.78 is 5.49. The van der Waals surface area contributed by atoms with Crippen LogP contribution in [0.2, 0.25) is 0 Å². The summed E-state index contributed by atoms with van der Waals surface area (Å²) in [7, 11) is 1.67. The predicted molar refractivity (Wildman–Crippen MR) is 130 cm³/mol. The Hall–Kier alpha value is -3.92. The topological polar surface area (TPSA) is 51.2 Å². The number of hydrogen-bond acceptors (Lipinski definition) is 3. The minimum atomic E-state index is -0.299. The van der Waals surface area contributed by atoms with Crippen molar-refractivity contribution in [3.8, 4) is 28.0 Å². The van der Waals surface area contributed by atoms with Crippen LogP contribution in [-0.4, -0.2) is 18.0 Å². The third-order valence-corrected chi connectivity index (χ3v) is 5.58. The molecule has 0 radical (unpaired) electrons. The molecule has 1 heterocycles. The van der Waals surface area contributed by atoms with E-state index in [-0.39, 0.29) is 11.8 Å². The zero-order chi connectivity index (χ0) is 22.5. The summed E-state index contributed by atoms with van der Waals surface area (Å²) in [4.78, 5) is 17.2. The molecule has 4 rings (SSSR count). The summed E-state index contributed by atoms with van der Waals surface area (Å²) in [6, 6.07) is 27.9. The van der Waals surface area contributed by atoms with Crippen LogP contribution in [0.3, 0.4) is 0 Å². The van der Waals surface area contributed by atoms with Crippen molar-refractivity contribution in [3.63, 3.8) is 0 Å². The molecule has 0 aliphatic rings. The van der Waals surface area contributed by atoms with Gasteiger partial charge in [-0.15, -0.1) is 0 Å². The maximum Gasteiger partial charge on any atom is 0.231 e. The molecule has 1 amide bonds. The number of nitrogens with one attached hydrogen (secondary N) is 1. The summed E-state index contributed by atoms with van der Waals surface area (Å²) in [5, 5.41) is 3.04. The van der Waals surface area contributed by atoms with Crippen molar-refractivity contribution in [1.29, 1.82) is 0 Å². The number of hydrogen-bond donors (Lipinski definition) is 1. The molecule has 0 aliphatic heterocycles. The SMILES string of the molecule is COc1ccccc1-c1cccc(C(C)C(=O)Nc2ccc(-c3ccnc(C)c3)cc2)c1. The third-order valence-electron chi connectivity index (χ3n) is 5.58. The Morgan fingerprint density at radius 2 is 1.66 bits per heavy atom. The van der Waals surface area contributed by atoms with Crippen molar-refractivity contribution < 1.29 is 9.53 Å². The van der Waals surface area contributed by atoms with Crippen LogP contribution in [0.15, 0.2) is 91.1 Å². The van der Waals surface area contributed by atoms with E-state index in [9.17, 15) is 4.79 Å². The predicted octanol–water partition coefficient (Wildman–Crippen LogP) is 6.47. The average molecular weight is 423 g/mol. The number of methoxy groups -OCH3 is 1. The fraction of sp³-hybridized carbons (Fsp3) is 0.143. The van der Waals surface area contributed by atoms with Crippen LogP contribution < -0.4 is 10.1 Å². The molecule has 0 fully saturated rings. The van der Waals surface area contributed by atoms with Gasteiger partial charge in [-0.2, -0.15) is 0 Å². The van der Waals surface area contributed by atoms with Gasteiger partial charge in [-0.25, -0.2) is 0 Å². The summed E-state index contributed by atoms with van der Waals surface area (Å²) in [6.07, 6.45) is 1.81. The molecule has 0 spiro atoms. The molecule has 1 N–H and O–H groups in total. The van der Waals surface area contributed by atoms with E-state index in [2.05, 4.69) is 16.4 Å². The number of rotatable bonds is 6. The molecule has 4 aromatic rings. The monoisotopic (exact) mass is 422 g/mol. The van der Waals surface area contributed by atoms with Gasteiger partial charge in [-0.3, -0.25) is 9.78 Å². The summed E-state index contributed by atoms with van der Waals surface area (Å²) in [6.45, 7) is 3.90. The minimum Gasteiger partial charge on any atom is -0.496 e. The first kappa shape index (κ1) is 21.3. The van der Waals surface area contributed by atoms with Crippen LogP contribution >= 0.6 is 0 Å². The first-order valence-electron chi connectivity index (χ1n) is 10.6. The van der Waals surface area contributed by atoms with Crippen LogP contribution in [0.1, 0.15) is 24.1 Å². The molecule has 1 atom stereocenters. The van der Waals surface area contributed by atoms with Gasteiger partial charge in [-0.1, -0.05) is 54.6 Å². The molecule has 4 heteroatoms. The van der Waals surface area contributed by atoms with Gasteiger partial charge in [-0.05, 0) is 66.4 Å². The van der Waals surface area contributed by atoms with E-state index < -0.39 is 0 Å². The lowest BCUT2D eigenvalue weighted by molar-refractivity contribution is -0.117. The van der Waals surface area contributed by atoms with Gasteiger partial charge in [0.25, 0.3) is 0 Å². The number of benzene rings is 3. The van der Waals surface area contributed by atoms with E-state index in [1.807, 2.05) is 92.7 Å². The largest absolute Gasteiger partial charge is 0.496 e. The fourth-order valence-corrected chi connectivity index (χ4v) is 3.73. The van der Waals surface area contributed by atoms with Gasteiger partial charge in [0, 0.05) is 23.1 Å². The number of aryl methyl sites for hydroxylation is 1. The highest BCUT2D eigenvalue weighted by Gasteiger charge is 2.17.